The van der Waals surface area contributed by atoms with E-state index in [9.17, 15) is 18.0 Å². The van der Waals surface area contributed by atoms with Gasteiger partial charge in [-0.2, -0.15) is 0 Å². The first-order valence-corrected chi connectivity index (χ1v) is 9.61. The number of hydrogen-bond donors (Lipinski definition) is 2. The highest BCUT2D eigenvalue weighted by Crippen LogP contribution is 2.18. The zero-order valence-corrected chi connectivity index (χ0v) is 15.6. The maximum atomic E-state index is 12.4. The van der Waals surface area contributed by atoms with Crippen LogP contribution in [0, 0.1) is 6.92 Å². The number of aliphatic carboxylic acids is 1. The number of rotatable bonds is 6. The van der Waals surface area contributed by atoms with Crippen LogP contribution in [0.4, 0.5) is 0 Å². The number of nitrogens with one attached hydrogen (secondary N) is 1. The fourth-order valence-corrected chi connectivity index (χ4v) is 3.56. The maximum absolute atomic E-state index is 12.4. The third-order valence-corrected chi connectivity index (χ3v) is 5.62. The minimum Gasteiger partial charge on any atom is -0.480 e. The van der Waals surface area contributed by atoms with Crippen molar-refractivity contribution in [1.29, 1.82) is 0 Å². The molecule has 0 fully saturated rings. The van der Waals surface area contributed by atoms with E-state index in [0.29, 0.717) is 5.56 Å². The van der Waals surface area contributed by atoms with Crippen LogP contribution in [0.3, 0.4) is 0 Å². The van der Waals surface area contributed by atoms with Crippen molar-refractivity contribution < 1.29 is 23.1 Å². The Balaban J connectivity index is 2.13. The van der Waals surface area contributed by atoms with Gasteiger partial charge in [0.25, 0.3) is 5.91 Å². The molecule has 7 heteroatoms. The number of carbonyl (C=O) groups is 2. The molecule has 2 rings (SSSR count). The van der Waals surface area contributed by atoms with Crippen molar-refractivity contribution in [2.75, 3.05) is 0 Å². The molecule has 1 amide bonds. The number of carboxylic acid groups (broad SMARTS) is 1. The van der Waals surface area contributed by atoms with Crippen LogP contribution in [0.15, 0.2) is 53.4 Å². The first kappa shape index (κ1) is 19.7. The van der Waals surface area contributed by atoms with E-state index < -0.39 is 27.3 Å². The van der Waals surface area contributed by atoms with Gasteiger partial charge >= 0.3 is 5.97 Å². The van der Waals surface area contributed by atoms with Crippen LogP contribution in [0.25, 0.3) is 0 Å². The molecule has 0 bridgehead atoms. The summed E-state index contributed by atoms with van der Waals surface area (Å²) in [6, 6.07) is 12.7. The molecule has 2 aromatic carbocycles. The summed E-state index contributed by atoms with van der Waals surface area (Å²) in [5.41, 5.74) is 0.379. The molecule has 0 aliphatic heterocycles. The predicted molar refractivity (Wildman–Crippen MR) is 97.7 cm³/mol. The summed E-state index contributed by atoms with van der Waals surface area (Å²) in [5.74, 6) is -1.87. The normalized spacial score (nSPS) is 11.8. The molecule has 0 heterocycles. The molecule has 0 radical (unpaired) electrons. The Bertz CT molecular complexity index is 913. The maximum Gasteiger partial charge on any atom is 0.328 e. The van der Waals surface area contributed by atoms with Crippen molar-refractivity contribution in [3.8, 4) is 0 Å². The van der Waals surface area contributed by atoms with E-state index in [-0.39, 0.29) is 16.2 Å². The lowest BCUT2D eigenvalue weighted by molar-refractivity contribution is -0.143. The standard InChI is InChI=1S/C19H21NO5S/c1-13-4-10-16(11-5-13)26(24,25)12-14-6-8-15(9-7-14)17(21)20-19(2,3)18(22)23/h4-11H,12H2,1-3H3,(H,20,21)(H,22,23). The third kappa shape index (κ3) is 4.70. The number of hydrogen-bond acceptors (Lipinski definition) is 4. The summed E-state index contributed by atoms with van der Waals surface area (Å²) in [6.45, 7) is 4.65. The predicted octanol–water partition coefficient (Wildman–Crippen LogP) is 2.56. The monoisotopic (exact) mass is 375 g/mol. The Morgan fingerprint density at radius 1 is 1.00 bits per heavy atom. The van der Waals surface area contributed by atoms with Gasteiger partial charge in [0.1, 0.15) is 5.54 Å². The van der Waals surface area contributed by atoms with E-state index in [2.05, 4.69) is 5.32 Å². The second-order valence-electron chi connectivity index (χ2n) is 6.65. The van der Waals surface area contributed by atoms with Gasteiger partial charge in [-0.1, -0.05) is 29.8 Å². The zero-order valence-electron chi connectivity index (χ0n) is 14.8. The van der Waals surface area contributed by atoms with Crippen LogP contribution >= 0.6 is 0 Å². The number of aryl methyl sites for hydroxylation is 1. The molecule has 138 valence electrons. The van der Waals surface area contributed by atoms with E-state index in [4.69, 9.17) is 5.11 Å². The van der Waals surface area contributed by atoms with Gasteiger partial charge in [0.05, 0.1) is 10.6 Å². The topological polar surface area (TPSA) is 101 Å². The van der Waals surface area contributed by atoms with E-state index in [1.54, 1.807) is 36.4 Å². The smallest absolute Gasteiger partial charge is 0.328 e. The molecule has 0 unspecified atom stereocenters. The van der Waals surface area contributed by atoms with Crippen molar-refractivity contribution >= 4 is 21.7 Å². The summed E-state index contributed by atoms with van der Waals surface area (Å²) in [6.07, 6.45) is 0. The molecule has 2 N–H and O–H groups in total. The van der Waals surface area contributed by atoms with E-state index >= 15 is 0 Å². The first-order chi connectivity index (χ1) is 12.0. The van der Waals surface area contributed by atoms with Crippen LogP contribution < -0.4 is 5.32 Å². The highest BCUT2D eigenvalue weighted by molar-refractivity contribution is 7.90. The first-order valence-electron chi connectivity index (χ1n) is 7.95. The highest BCUT2D eigenvalue weighted by atomic mass is 32.2. The third-order valence-electron chi connectivity index (χ3n) is 3.91. The largest absolute Gasteiger partial charge is 0.480 e. The molecule has 0 aliphatic rings. The second kappa shape index (κ2) is 7.29. The van der Waals surface area contributed by atoms with Crippen LogP contribution in [-0.2, 0) is 20.4 Å². The van der Waals surface area contributed by atoms with E-state index in [1.165, 1.54) is 26.0 Å². The quantitative estimate of drug-likeness (QED) is 0.808. The van der Waals surface area contributed by atoms with Crippen LogP contribution in [0.1, 0.15) is 35.3 Å². The lowest BCUT2D eigenvalue weighted by Gasteiger charge is -2.21. The molecule has 2 aromatic rings. The minimum atomic E-state index is -3.48. The molecule has 0 spiro atoms. The Labute approximate surface area is 152 Å². The average molecular weight is 375 g/mol. The Hall–Kier alpha value is -2.67. The molecular weight excluding hydrogens is 354 g/mol. The zero-order chi connectivity index (χ0) is 19.5. The van der Waals surface area contributed by atoms with Crippen LogP contribution in [0.5, 0.6) is 0 Å². The molecule has 6 nitrogen and oxygen atoms in total. The second-order valence-corrected chi connectivity index (χ2v) is 8.64. The number of amides is 1. The average Bonchev–Trinajstić information content (AvgIpc) is 2.55. The van der Waals surface area contributed by atoms with Gasteiger partial charge in [-0.05, 0) is 50.6 Å². The van der Waals surface area contributed by atoms with Gasteiger partial charge in [-0.15, -0.1) is 0 Å². The Morgan fingerprint density at radius 2 is 1.54 bits per heavy atom. The Kier molecular flexibility index (Phi) is 5.51. The lowest BCUT2D eigenvalue weighted by Crippen LogP contribution is -2.49. The van der Waals surface area contributed by atoms with Crippen molar-refractivity contribution in [3.05, 3.63) is 65.2 Å². The van der Waals surface area contributed by atoms with Gasteiger partial charge < -0.3 is 10.4 Å². The number of sulfone groups is 1. The van der Waals surface area contributed by atoms with E-state index in [1.807, 2.05) is 6.92 Å². The molecule has 0 saturated carbocycles. The number of carbonyl (C=O) groups excluding carboxylic acids is 1. The summed E-state index contributed by atoms with van der Waals surface area (Å²) in [5, 5.41) is 11.5. The summed E-state index contributed by atoms with van der Waals surface area (Å²) in [7, 11) is -3.48. The van der Waals surface area contributed by atoms with Crippen molar-refractivity contribution in [1.82, 2.24) is 5.32 Å². The highest BCUT2D eigenvalue weighted by Gasteiger charge is 2.29. The van der Waals surface area contributed by atoms with Gasteiger partial charge in [-0.25, -0.2) is 13.2 Å². The van der Waals surface area contributed by atoms with Crippen molar-refractivity contribution in [2.24, 2.45) is 0 Å². The van der Waals surface area contributed by atoms with Gasteiger partial charge in [0.15, 0.2) is 9.84 Å². The minimum absolute atomic E-state index is 0.182. The molecular formula is C19H21NO5S. The molecule has 0 aromatic heterocycles. The fourth-order valence-electron chi connectivity index (χ4n) is 2.21. The molecule has 0 saturated heterocycles. The fraction of sp³-hybridized carbons (Fsp3) is 0.263. The van der Waals surface area contributed by atoms with Gasteiger partial charge in [0, 0.05) is 5.56 Å². The lowest BCUT2D eigenvalue weighted by atomic mass is 10.0. The van der Waals surface area contributed by atoms with Crippen LogP contribution in [-0.4, -0.2) is 30.9 Å². The molecule has 0 atom stereocenters. The Morgan fingerprint density at radius 3 is 2.04 bits per heavy atom. The van der Waals surface area contributed by atoms with Gasteiger partial charge in [0.2, 0.25) is 0 Å². The summed E-state index contributed by atoms with van der Waals surface area (Å²) < 4.78 is 24.9. The SMILES string of the molecule is Cc1ccc(S(=O)(=O)Cc2ccc(C(=O)NC(C)(C)C(=O)O)cc2)cc1. The van der Waals surface area contributed by atoms with Crippen molar-refractivity contribution in [3.63, 3.8) is 0 Å². The summed E-state index contributed by atoms with van der Waals surface area (Å²) >= 11 is 0. The van der Waals surface area contributed by atoms with Gasteiger partial charge in [-0.3, -0.25) is 4.79 Å². The van der Waals surface area contributed by atoms with Crippen molar-refractivity contribution in [2.45, 2.75) is 37.0 Å². The van der Waals surface area contributed by atoms with E-state index in [0.717, 1.165) is 5.56 Å². The number of benzene rings is 2. The van der Waals surface area contributed by atoms with Crippen LogP contribution in [0.2, 0.25) is 0 Å². The molecule has 26 heavy (non-hydrogen) atoms. The number of carboxylic acids is 1. The summed E-state index contributed by atoms with van der Waals surface area (Å²) in [4.78, 5) is 23.4. The molecule has 0 aliphatic carbocycles.